The second-order valence-corrected chi connectivity index (χ2v) is 11.7. The zero-order valence-corrected chi connectivity index (χ0v) is 25.7. The van der Waals surface area contributed by atoms with Crippen molar-refractivity contribution in [2.45, 2.75) is 45.3 Å². The van der Waals surface area contributed by atoms with Crippen molar-refractivity contribution in [1.29, 1.82) is 0 Å². The molecule has 0 bridgehead atoms. The number of rotatable bonds is 8. The summed E-state index contributed by atoms with van der Waals surface area (Å²) in [6, 6.07) is 9.35. The van der Waals surface area contributed by atoms with E-state index in [0.717, 1.165) is 52.5 Å². The van der Waals surface area contributed by atoms with E-state index in [-0.39, 0.29) is 42.4 Å². The number of hydrogen-bond donors (Lipinski definition) is 1. The van der Waals surface area contributed by atoms with Gasteiger partial charge >= 0.3 is 0 Å². The standard InChI is InChI=1S/C35H33F2N5O4/c1-4-30(43)41-10-11-42-28(19(41)2)17-27(40-42)34-31(32-26(37)15-22(36)16-29(32)46-13-12-45-3)24-6-5-7-25(24)33(39-34)20-8-9-23-21(14-20)18-38-35(23)44/h4,8-9,14-17,19H,1,5-7,10-13,18H2,2-3H3,(H,38,44)/t19-/m1/s1. The zero-order valence-electron chi connectivity index (χ0n) is 25.7. The van der Waals surface area contributed by atoms with Crippen molar-refractivity contribution in [3.63, 3.8) is 0 Å². The van der Waals surface area contributed by atoms with Gasteiger partial charge in [0.15, 0.2) is 0 Å². The molecule has 2 aliphatic heterocycles. The summed E-state index contributed by atoms with van der Waals surface area (Å²) in [6.07, 6.45) is 3.50. The summed E-state index contributed by atoms with van der Waals surface area (Å²) in [7, 11) is 1.53. The third-order valence-electron chi connectivity index (χ3n) is 9.10. The van der Waals surface area contributed by atoms with Crippen LogP contribution < -0.4 is 10.1 Å². The van der Waals surface area contributed by atoms with Gasteiger partial charge in [-0.1, -0.05) is 12.6 Å². The number of pyridine rings is 1. The van der Waals surface area contributed by atoms with Gasteiger partial charge in [0.25, 0.3) is 5.91 Å². The molecule has 0 saturated carbocycles. The summed E-state index contributed by atoms with van der Waals surface area (Å²) in [5.74, 6) is -1.74. The van der Waals surface area contributed by atoms with Crippen LogP contribution in [0.2, 0.25) is 0 Å². The van der Waals surface area contributed by atoms with Gasteiger partial charge in [-0.15, -0.1) is 0 Å². The Kier molecular flexibility index (Phi) is 7.64. The Hall–Kier alpha value is -4.90. The monoisotopic (exact) mass is 625 g/mol. The highest BCUT2D eigenvalue weighted by Crippen LogP contribution is 2.47. The molecule has 1 atom stereocenters. The molecule has 0 fully saturated rings. The van der Waals surface area contributed by atoms with Crippen molar-refractivity contribution >= 4 is 11.8 Å². The molecule has 236 valence electrons. The fourth-order valence-electron chi connectivity index (χ4n) is 6.91. The number of hydrogen-bond acceptors (Lipinski definition) is 6. The topological polar surface area (TPSA) is 98.6 Å². The predicted octanol–water partition coefficient (Wildman–Crippen LogP) is 5.40. The minimum Gasteiger partial charge on any atom is -0.490 e. The predicted molar refractivity (Wildman–Crippen MR) is 167 cm³/mol. The quantitative estimate of drug-likeness (QED) is 0.208. The van der Waals surface area contributed by atoms with Crippen molar-refractivity contribution in [2.24, 2.45) is 0 Å². The zero-order chi connectivity index (χ0) is 32.1. The molecule has 1 aliphatic carbocycles. The molecule has 3 aliphatic rings. The lowest BCUT2D eigenvalue weighted by atomic mass is 9.90. The summed E-state index contributed by atoms with van der Waals surface area (Å²) in [4.78, 5) is 31.8. The second kappa shape index (κ2) is 11.8. The molecule has 0 saturated heterocycles. The molecule has 2 aromatic carbocycles. The van der Waals surface area contributed by atoms with Crippen molar-refractivity contribution in [3.05, 3.63) is 88.6 Å². The maximum absolute atomic E-state index is 16.1. The number of fused-ring (bicyclic) bond motifs is 3. The Morgan fingerprint density at radius 3 is 2.72 bits per heavy atom. The van der Waals surface area contributed by atoms with Gasteiger partial charge in [-0.2, -0.15) is 5.10 Å². The van der Waals surface area contributed by atoms with Crippen LogP contribution in [0.25, 0.3) is 33.8 Å². The number of aromatic nitrogens is 3. The van der Waals surface area contributed by atoms with Crippen molar-refractivity contribution < 1.29 is 27.8 Å². The third-order valence-corrected chi connectivity index (χ3v) is 9.10. The number of carbonyl (C=O) groups excluding carboxylic acids is 2. The lowest BCUT2D eigenvalue weighted by molar-refractivity contribution is -0.129. The summed E-state index contributed by atoms with van der Waals surface area (Å²) in [5, 5.41) is 7.80. The van der Waals surface area contributed by atoms with E-state index >= 15 is 4.39 Å². The van der Waals surface area contributed by atoms with Gasteiger partial charge in [0.1, 0.15) is 29.7 Å². The lowest BCUT2D eigenvalue weighted by Gasteiger charge is -2.33. The van der Waals surface area contributed by atoms with Crippen LogP contribution in [0.1, 0.15) is 52.1 Å². The van der Waals surface area contributed by atoms with Gasteiger partial charge in [0.2, 0.25) is 5.91 Å². The van der Waals surface area contributed by atoms with Crippen LogP contribution in [0.5, 0.6) is 5.75 Å². The number of ether oxygens (including phenoxy) is 2. The van der Waals surface area contributed by atoms with Crippen molar-refractivity contribution in [3.8, 4) is 39.5 Å². The molecule has 2 amide bonds. The highest BCUT2D eigenvalue weighted by Gasteiger charge is 2.33. The molecule has 0 spiro atoms. The van der Waals surface area contributed by atoms with Crippen molar-refractivity contribution in [1.82, 2.24) is 25.0 Å². The number of nitrogens with one attached hydrogen (secondary N) is 1. The average molecular weight is 626 g/mol. The van der Waals surface area contributed by atoms with E-state index in [1.807, 2.05) is 35.9 Å². The molecule has 9 nitrogen and oxygen atoms in total. The molecule has 7 rings (SSSR count). The first-order valence-electron chi connectivity index (χ1n) is 15.4. The van der Waals surface area contributed by atoms with Gasteiger partial charge in [-0.05, 0) is 67.2 Å². The first-order valence-corrected chi connectivity index (χ1v) is 15.4. The highest BCUT2D eigenvalue weighted by atomic mass is 19.1. The smallest absolute Gasteiger partial charge is 0.251 e. The molecular weight excluding hydrogens is 592 g/mol. The maximum Gasteiger partial charge on any atom is 0.251 e. The molecule has 0 unspecified atom stereocenters. The minimum atomic E-state index is -0.764. The first-order chi connectivity index (χ1) is 22.3. The number of methoxy groups -OCH3 is 1. The number of benzene rings is 2. The largest absolute Gasteiger partial charge is 0.490 e. The molecule has 0 radical (unpaired) electrons. The van der Waals surface area contributed by atoms with E-state index < -0.39 is 11.6 Å². The van der Waals surface area contributed by atoms with Gasteiger partial charge in [-0.3, -0.25) is 14.3 Å². The van der Waals surface area contributed by atoms with Gasteiger partial charge in [0.05, 0.1) is 41.8 Å². The van der Waals surface area contributed by atoms with E-state index in [1.54, 1.807) is 4.90 Å². The van der Waals surface area contributed by atoms with E-state index in [4.69, 9.17) is 19.6 Å². The molecule has 4 aromatic rings. The molecule has 46 heavy (non-hydrogen) atoms. The van der Waals surface area contributed by atoms with E-state index in [9.17, 15) is 14.0 Å². The fourth-order valence-corrected chi connectivity index (χ4v) is 6.91. The molecule has 2 aromatic heterocycles. The number of carbonyl (C=O) groups is 2. The molecule has 11 heteroatoms. The summed E-state index contributed by atoms with van der Waals surface area (Å²) < 4.78 is 43.6. The fraction of sp³-hybridized carbons (Fsp3) is 0.314. The van der Waals surface area contributed by atoms with E-state index in [2.05, 4.69) is 11.9 Å². The van der Waals surface area contributed by atoms with Gasteiger partial charge < -0.3 is 19.7 Å². The van der Waals surface area contributed by atoms with Crippen LogP contribution in [0, 0.1) is 11.6 Å². The summed E-state index contributed by atoms with van der Waals surface area (Å²) >= 11 is 0. The van der Waals surface area contributed by atoms with Crippen LogP contribution in [0.4, 0.5) is 8.78 Å². The number of nitrogens with zero attached hydrogens (tertiary/aromatic N) is 4. The third kappa shape index (κ3) is 4.95. The minimum absolute atomic E-state index is 0.0571. The number of halogens is 2. The van der Waals surface area contributed by atoms with Crippen LogP contribution >= 0.6 is 0 Å². The van der Waals surface area contributed by atoms with Crippen LogP contribution in [-0.4, -0.2) is 58.3 Å². The van der Waals surface area contributed by atoms with Crippen LogP contribution in [0.3, 0.4) is 0 Å². The molecule has 4 heterocycles. The Bertz CT molecular complexity index is 1920. The summed E-state index contributed by atoms with van der Waals surface area (Å²) in [6.45, 7) is 7.27. The summed E-state index contributed by atoms with van der Waals surface area (Å²) in [5.41, 5.74) is 7.37. The molecule has 1 N–H and O–H groups in total. The Morgan fingerprint density at radius 1 is 1.09 bits per heavy atom. The van der Waals surface area contributed by atoms with Crippen molar-refractivity contribution in [2.75, 3.05) is 26.9 Å². The van der Waals surface area contributed by atoms with Crippen LogP contribution in [0.15, 0.2) is 49.1 Å². The maximum atomic E-state index is 16.1. The normalized spacial score (nSPS) is 16.6. The second-order valence-electron chi connectivity index (χ2n) is 11.7. The molecular formula is C35H33F2N5O4. The highest BCUT2D eigenvalue weighted by molar-refractivity contribution is 5.99. The Balaban J connectivity index is 1.47. The first kappa shape index (κ1) is 29.8. The van der Waals surface area contributed by atoms with Gasteiger partial charge in [-0.25, -0.2) is 13.8 Å². The van der Waals surface area contributed by atoms with E-state index in [0.29, 0.717) is 48.6 Å². The Morgan fingerprint density at radius 2 is 1.91 bits per heavy atom. The van der Waals surface area contributed by atoms with Crippen LogP contribution in [-0.2, 0) is 35.5 Å². The van der Waals surface area contributed by atoms with Gasteiger partial charge in [0, 0.05) is 49.0 Å². The Labute approximate surface area is 264 Å². The van der Waals surface area contributed by atoms with E-state index in [1.165, 1.54) is 19.3 Å². The average Bonchev–Trinajstić information content (AvgIpc) is 3.79. The lowest BCUT2D eigenvalue weighted by Crippen LogP contribution is -2.40. The number of amides is 2. The SMILES string of the molecule is C=CC(=O)N1CCn2nc(-c3nc(-c4ccc5c(c4)CNC5=O)c4c(c3-c3c(F)cc(F)cc3OCCOC)CCC4)cc2[C@H]1C.